The Morgan fingerprint density at radius 2 is 1.76 bits per heavy atom. The van der Waals surface area contributed by atoms with Gasteiger partial charge in [0.15, 0.2) is 0 Å². The van der Waals surface area contributed by atoms with Gasteiger partial charge in [-0.1, -0.05) is 13.8 Å². The summed E-state index contributed by atoms with van der Waals surface area (Å²) in [5.74, 6) is 0.879. The molecule has 112 valence electrons. The molecule has 1 aromatic heterocycles. The van der Waals surface area contributed by atoms with Crippen molar-refractivity contribution in [1.29, 1.82) is 5.26 Å². The molecule has 0 spiro atoms. The Kier molecular flexibility index (Phi) is 2.50. The summed E-state index contributed by atoms with van der Waals surface area (Å²) in [5, 5.41) is 9.32. The molecule has 0 radical (unpaired) electrons. The summed E-state index contributed by atoms with van der Waals surface area (Å²) in [6.45, 7) is 7.13. The third kappa shape index (κ3) is 1.75. The minimum atomic E-state index is 0.306. The third-order valence-electron chi connectivity index (χ3n) is 6.40. The topological polar surface area (TPSA) is 49.8 Å². The molecular weight excluding hydrogens is 276 g/mol. The van der Waals surface area contributed by atoms with Crippen LogP contribution in [0.3, 0.4) is 0 Å². The first kappa shape index (κ1) is 13.6. The van der Waals surface area contributed by atoms with Gasteiger partial charge in [0.1, 0.15) is 10.9 Å². The maximum Gasteiger partial charge on any atom is 0.128 e. The molecule has 4 aliphatic rings. The molecule has 2 N–H and O–H groups in total. The van der Waals surface area contributed by atoms with Crippen molar-refractivity contribution in [2.24, 2.45) is 16.7 Å². The second kappa shape index (κ2) is 3.84. The van der Waals surface area contributed by atoms with Crippen molar-refractivity contribution in [3.8, 4) is 6.07 Å². The predicted molar refractivity (Wildman–Crippen MR) is 87.3 cm³/mol. The lowest BCUT2D eigenvalue weighted by atomic mass is 9.40. The summed E-state index contributed by atoms with van der Waals surface area (Å²) in [6, 6.07) is 2.30. The van der Waals surface area contributed by atoms with Gasteiger partial charge in [0.2, 0.25) is 0 Å². The number of rotatable bonds is 1. The largest absolute Gasteiger partial charge is 0.397 e. The molecule has 0 amide bonds. The van der Waals surface area contributed by atoms with Crippen LogP contribution in [0.4, 0.5) is 5.69 Å². The van der Waals surface area contributed by atoms with Crippen molar-refractivity contribution in [3.05, 3.63) is 15.3 Å². The number of nitrogen functional groups attached to an aromatic ring is 1. The van der Waals surface area contributed by atoms with Gasteiger partial charge in [0.25, 0.3) is 0 Å². The minimum Gasteiger partial charge on any atom is -0.397 e. The Morgan fingerprint density at radius 1 is 1.14 bits per heavy atom. The molecule has 2 nitrogen and oxygen atoms in total. The molecule has 4 aliphatic carbocycles. The van der Waals surface area contributed by atoms with Gasteiger partial charge in [-0.2, -0.15) is 5.26 Å². The van der Waals surface area contributed by atoms with E-state index in [0.29, 0.717) is 16.2 Å². The van der Waals surface area contributed by atoms with Crippen molar-refractivity contribution >= 4 is 17.0 Å². The first-order chi connectivity index (χ1) is 9.78. The SMILES string of the molecule is Cc1c(C23CC4CC(C)(CC(C)(C4)C2)C3)sc(C#N)c1N. The molecule has 1 heterocycles. The lowest BCUT2D eigenvalue weighted by molar-refractivity contribution is -0.108. The van der Waals surface area contributed by atoms with Crippen LogP contribution in [-0.2, 0) is 5.41 Å². The van der Waals surface area contributed by atoms with E-state index in [-0.39, 0.29) is 0 Å². The van der Waals surface area contributed by atoms with Crippen molar-refractivity contribution in [2.75, 3.05) is 5.73 Å². The molecule has 3 heteroatoms. The van der Waals surface area contributed by atoms with E-state index in [1.807, 2.05) is 0 Å². The van der Waals surface area contributed by atoms with Gasteiger partial charge in [-0.3, -0.25) is 0 Å². The average Bonchev–Trinajstić information content (AvgIpc) is 2.62. The molecule has 4 fully saturated rings. The molecule has 0 aromatic carbocycles. The van der Waals surface area contributed by atoms with Crippen molar-refractivity contribution in [3.63, 3.8) is 0 Å². The fraction of sp³-hybridized carbons (Fsp3) is 0.722. The smallest absolute Gasteiger partial charge is 0.128 e. The standard InChI is InChI=1S/C18H24N2S/c1-11-14(20)13(7-19)21-15(11)18-6-12-4-16(2,9-18)8-17(3,5-12)10-18/h12H,4-6,8-10,20H2,1-3H3. The van der Waals surface area contributed by atoms with Gasteiger partial charge in [-0.25, -0.2) is 0 Å². The molecule has 1 aromatic rings. The normalized spacial score (nSPS) is 44.0. The molecule has 21 heavy (non-hydrogen) atoms. The highest BCUT2D eigenvalue weighted by atomic mass is 32.1. The number of nitrogens with two attached hydrogens (primary N) is 1. The molecule has 0 aliphatic heterocycles. The second-order valence-electron chi connectivity index (χ2n) is 8.82. The van der Waals surface area contributed by atoms with Crippen molar-refractivity contribution in [2.45, 2.75) is 64.7 Å². The maximum absolute atomic E-state index is 9.32. The molecule has 2 atom stereocenters. The molecule has 4 bridgehead atoms. The minimum absolute atomic E-state index is 0.306. The van der Waals surface area contributed by atoms with Crippen LogP contribution >= 0.6 is 11.3 Å². The fourth-order valence-corrected chi connectivity index (χ4v) is 8.04. The van der Waals surface area contributed by atoms with E-state index in [1.54, 1.807) is 11.3 Å². The Labute approximate surface area is 131 Å². The molecule has 0 saturated heterocycles. The zero-order chi connectivity index (χ0) is 15.0. The summed E-state index contributed by atoms with van der Waals surface area (Å²) in [7, 11) is 0. The van der Waals surface area contributed by atoms with Crippen LogP contribution in [0.15, 0.2) is 0 Å². The summed E-state index contributed by atoms with van der Waals surface area (Å²) in [4.78, 5) is 2.17. The summed E-state index contributed by atoms with van der Waals surface area (Å²) in [6.07, 6.45) is 8.15. The van der Waals surface area contributed by atoms with E-state index < -0.39 is 0 Å². The summed E-state index contributed by atoms with van der Waals surface area (Å²) < 4.78 is 0. The first-order valence-electron chi connectivity index (χ1n) is 8.08. The van der Waals surface area contributed by atoms with Crippen LogP contribution in [0.25, 0.3) is 0 Å². The van der Waals surface area contributed by atoms with Crippen LogP contribution in [0, 0.1) is 35.0 Å². The number of nitriles is 1. The van der Waals surface area contributed by atoms with Crippen molar-refractivity contribution < 1.29 is 0 Å². The Hall–Kier alpha value is -1.01. The second-order valence-corrected chi connectivity index (χ2v) is 9.84. The number of thiophene rings is 1. The van der Waals surface area contributed by atoms with E-state index in [9.17, 15) is 5.26 Å². The monoisotopic (exact) mass is 300 g/mol. The highest BCUT2D eigenvalue weighted by Gasteiger charge is 2.61. The van der Waals surface area contributed by atoms with Crippen LogP contribution in [-0.4, -0.2) is 0 Å². The Morgan fingerprint density at radius 3 is 2.24 bits per heavy atom. The van der Waals surface area contributed by atoms with Gasteiger partial charge in [0.05, 0.1) is 5.69 Å². The van der Waals surface area contributed by atoms with Crippen LogP contribution < -0.4 is 5.73 Å². The predicted octanol–water partition coefficient (Wildman–Crippen LogP) is 4.76. The molecular formula is C18H24N2S. The molecule has 4 saturated carbocycles. The Balaban J connectivity index is 1.87. The van der Waals surface area contributed by atoms with E-state index >= 15 is 0 Å². The van der Waals surface area contributed by atoms with E-state index in [0.717, 1.165) is 16.5 Å². The van der Waals surface area contributed by atoms with Crippen LogP contribution in [0.5, 0.6) is 0 Å². The summed E-state index contributed by atoms with van der Waals surface area (Å²) in [5.41, 5.74) is 9.44. The van der Waals surface area contributed by atoms with Crippen LogP contribution in [0.1, 0.15) is 67.7 Å². The highest BCUT2D eigenvalue weighted by Crippen LogP contribution is 2.70. The van der Waals surface area contributed by atoms with Crippen LogP contribution in [0.2, 0.25) is 0 Å². The number of hydrogen-bond donors (Lipinski definition) is 1. The number of hydrogen-bond acceptors (Lipinski definition) is 3. The maximum atomic E-state index is 9.32. The van der Waals surface area contributed by atoms with E-state index in [4.69, 9.17) is 5.73 Å². The number of nitrogens with zero attached hydrogens (tertiary/aromatic N) is 1. The molecule has 5 rings (SSSR count). The lowest BCUT2D eigenvalue weighted by Crippen LogP contribution is -2.56. The average molecular weight is 300 g/mol. The van der Waals surface area contributed by atoms with Crippen molar-refractivity contribution in [1.82, 2.24) is 0 Å². The van der Waals surface area contributed by atoms with Gasteiger partial charge >= 0.3 is 0 Å². The summed E-state index contributed by atoms with van der Waals surface area (Å²) >= 11 is 1.69. The Bertz CT molecular complexity index is 647. The lowest BCUT2D eigenvalue weighted by Gasteiger charge is -2.65. The van der Waals surface area contributed by atoms with E-state index in [1.165, 1.54) is 49.0 Å². The van der Waals surface area contributed by atoms with Gasteiger partial charge < -0.3 is 5.73 Å². The first-order valence-corrected chi connectivity index (χ1v) is 8.89. The highest BCUT2D eigenvalue weighted by molar-refractivity contribution is 7.13. The fourth-order valence-electron chi connectivity index (χ4n) is 6.82. The quantitative estimate of drug-likeness (QED) is 0.813. The van der Waals surface area contributed by atoms with Gasteiger partial charge in [0, 0.05) is 10.3 Å². The molecule has 2 unspecified atom stereocenters. The number of anilines is 1. The van der Waals surface area contributed by atoms with Gasteiger partial charge in [-0.15, -0.1) is 11.3 Å². The van der Waals surface area contributed by atoms with Gasteiger partial charge in [-0.05, 0) is 67.8 Å². The van der Waals surface area contributed by atoms with E-state index in [2.05, 4.69) is 26.8 Å². The zero-order valence-electron chi connectivity index (χ0n) is 13.3. The third-order valence-corrected chi connectivity index (χ3v) is 7.86. The zero-order valence-corrected chi connectivity index (χ0v) is 14.1.